The minimum atomic E-state index is -4.43. The molecule has 0 N–H and O–H groups in total. The first-order chi connectivity index (χ1) is 11.4. The molecule has 1 atom stereocenters. The van der Waals surface area contributed by atoms with Crippen LogP contribution in [0.5, 0.6) is 0 Å². The molecule has 1 aliphatic rings. The minimum Gasteiger partial charge on any atom is -0.274 e. The Morgan fingerprint density at radius 1 is 1.00 bits per heavy atom. The summed E-state index contributed by atoms with van der Waals surface area (Å²) in [6.07, 6.45) is -4.32. The molecule has 3 rings (SSSR count). The predicted octanol–water partition coefficient (Wildman–Crippen LogP) is 3.83. The lowest BCUT2D eigenvalue weighted by atomic mass is 9.96. The van der Waals surface area contributed by atoms with Crippen molar-refractivity contribution in [3.05, 3.63) is 65.7 Å². The molecule has 1 unspecified atom stereocenters. The number of nitrogens with zero attached hydrogens (tertiary/aromatic N) is 1. The summed E-state index contributed by atoms with van der Waals surface area (Å²) in [5.41, 5.74) is 0.126. The highest BCUT2D eigenvalue weighted by molar-refractivity contribution is 6.20. The molecule has 24 heavy (non-hydrogen) atoms. The van der Waals surface area contributed by atoms with E-state index in [0.29, 0.717) is 11.3 Å². The van der Waals surface area contributed by atoms with Gasteiger partial charge in [0.25, 0.3) is 0 Å². The van der Waals surface area contributed by atoms with Gasteiger partial charge in [-0.05, 0) is 30.2 Å². The maximum atomic E-state index is 12.8. The fourth-order valence-electron chi connectivity index (χ4n) is 2.86. The predicted molar refractivity (Wildman–Crippen MR) is 82.2 cm³/mol. The molecule has 1 heterocycles. The second-order valence-electron chi connectivity index (χ2n) is 5.71. The Morgan fingerprint density at radius 3 is 2.38 bits per heavy atom. The summed E-state index contributed by atoms with van der Waals surface area (Å²) in [7, 11) is 0. The van der Waals surface area contributed by atoms with Crippen molar-refractivity contribution in [2.75, 3.05) is 4.90 Å². The van der Waals surface area contributed by atoms with Gasteiger partial charge in [-0.15, -0.1) is 0 Å². The van der Waals surface area contributed by atoms with Gasteiger partial charge >= 0.3 is 6.18 Å². The fourth-order valence-corrected chi connectivity index (χ4v) is 2.86. The first-order valence-electron chi connectivity index (χ1n) is 7.44. The third-order valence-electron chi connectivity index (χ3n) is 3.99. The van der Waals surface area contributed by atoms with E-state index in [2.05, 4.69) is 0 Å². The lowest BCUT2D eigenvalue weighted by molar-refractivity contribution is -0.137. The maximum Gasteiger partial charge on any atom is 0.416 e. The van der Waals surface area contributed by atoms with E-state index < -0.39 is 17.7 Å². The van der Waals surface area contributed by atoms with Gasteiger partial charge in [-0.2, -0.15) is 13.2 Å². The molecule has 0 bridgehead atoms. The summed E-state index contributed by atoms with van der Waals surface area (Å²) in [5.74, 6) is -1.34. The number of amides is 2. The van der Waals surface area contributed by atoms with E-state index in [0.717, 1.165) is 17.0 Å². The van der Waals surface area contributed by atoms with Gasteiger partial charge in [-0.1, -0.05) is 36.4 Å². The zero-order chi connectivity index (χ0) is 17.3. The fraction of sp³-hybridized carbons (Fsp3) is 0.222. The number of carbonyl (C=O) groups excluding carboxylic acids is 2. The molecule has 0 saturated carbocycles. The van der Waals surface area contributed by atoms with E-state index in [1.54, 1.807) is 30.3 Å². The lowest BCUT2D eigenvalue weighted by Crippen LogP contribution is -2.30. The van der Waals surface area contributed by atoms with Gasteiger partial charge in [-0.25, -0.2) is 0 Å². The summed E-state index contributed by atoms with van der Waals surface area (Å²) in [5, 5.41) is 0. The van der Waals surface area contributed by atoms with E-state index >= 15 is 0 Å². The van der Waals surface area contributed by atoms with E-state index in [1.165, 1.54) is 12.1 Å². The van der Waals surface area contributed by atoms with Gasteiger partial charge in [-0.3, -0.25) is 14.5 Å². The van der Waals surface area contributed by atoms with Crippen molar-refractivity contribution >= 4 is 17.5 Å². The molecule has 0 aliphatic carbocycles. The number of anilines is 1. The van der Waals surface area contributed by atoms with Crippen molar-refractivity contribution in [1.82, 2.24) is 0 Å². The number of halogens is 3. The average molecular weight is 333 g/mol. The molecule has 0 aromatic heterocycles. The Balaban J connectivity index is 1.80. The second-order valence-corrected chi connectivity index (χ2v) is 5.71. The van der Waals surface area contributed by atoms with Crippen molar-refractivity contribution in [2.45, 2.75) is 19.0 Å². The lowest BCUT2D eigenvalue weighted by Gasteiger charge is -2.15. The Hall–Kier alpha value is -2.63. The summed E-state index contributed by atoms with van der Waals surface area (Å²) >= 11 is 0. The number of benzene rings is 2. The molecule has 3 nitrogen and oxygen atoms in total. The number of hydrogen-bond acceptors (Lipinski definition) is 2. The van der Waals surface area contributed by atoms with Gasteiger partial charge < -0.3 is 0 Å². The van der Waals surface area contributed by atoms with Crippen molar-refractivity contribution < 1.29 is 22.8 Å². The van der Waals surface area contributed by atoms with Crippen LogP contribution in [0.1, 0.15) is 17.5 Å². The molecule has 1 aliphatic heterocycles. The number of imide groups is 1. The highest BCUT2D eigenvalue weighted by Gasteiger charge is 2.39. The smallest absolute Gasteiger partial charge is 0.274 e. The summed E-state index contributed by atoms with van der Waals surface area (Å²) < 4.78 is 38.3. The van der Waals surface area contributed by atoms with Gasteiger partial charge in [0.15, 0.2) is 0 Å². The van der Waals surface area contributed by atoms with E-state index in [-0.39, 0.29) is 24.7 Å². The third kappa shape index (κ3) is 3.18. The molecule has 2 aromatic rings. The first-order valence-corrected chi connectivity index (χ1v) is 7.44. The van der Waals surface area contributed by atoms with Crippen LogP contribution in [0.3, 0.4) is 0 Å². The number of alkyl halides is 3. The average Bonchev–Trinajstić information content (AvgIpc) is 2.82. The van der Waals surface area contributed by atoms with Crippen LogP contribution < -0.4 is 4.90 Å². The van der Waals surface area contributed by atoms with Crippen molar-refractivity contribution in [2.24, 2.45) is 5.92 Å². The molecule has 2 amide bonds. The summed E-state index contributed by atoms with van der Waals surface area (Å²) in [6.45, 7) is 0. The molecule has 6 heteroatoms. The van der Waals surface area contributed by atoms with Crippen LogP contribution in [0.15, 0.2) is 54.6 Å². The standard InChI is InChI=1S/C18H14F3NO2/c19-18(20,21)14-6-4-5-12(10-14)9-13-11-16(23)22(17(13)24)15-7-2-1-3-8-15/h1-8,10,13H,9,11H2. The quantitative estimate of drug-likeness (QED) is 0.801. The van der Waals surface area contributed by atoms with Crippen molar-refractivity contribution in [3.8, 4) is 0 Å². The summed E-state index contributed by atoms with van der Waals surface area (Å²) in [6, 6.07) is 13.4. The Morgan fingerprint density at radius 2 is 1.71 bits per heavy atom. The van der Waals surface area contributed by atoms with Crippen LogP contribution in [0.25, 0.3) is 0 Å². The van der Waals surface area contributed by atoms with E-state index in [4.69, 9.17) is 0 Å². The zero-order valence-corrected chi connectivity index (χ0v) is 12.6. The van der Waals surface area contributed by atoms with Crippen LogP contribution >= 0.6 is 0 Å². The maximum absolute atomic E-state index is 12.8. The Bertz CT molecular complexity index is 771. The van der Waals surface area contributed by atoms with Crippen LogP contribution in [-0.2, 0) is 22.2 Å². The molecule has 0 radical (unpaired) electrons. The highest BCUT2D eigenvalue weighted by Crippen LogP contribution is 2.32. The minimum absolute atomic E-state index is 0.00394. The highest BCUT2D eigenvalue weighted by atomic mass is 19.4. The van der Waals surface area contributed by atoms with Crippen molar-refractivity contribution in [1.29, 1.82) is 0 Å². The molecule has 124 valence electrons. The normalized spacial score (nSPS) is 18.3. The largest absolute Gasteiger partial charge is 0.416 e. The van der Waals surface area contributed by atoms with Gasteiger partial charge in [0.05, 0.1) is 17.2 Å². The number of carbonyl (C=O) groups is 2. The van der Waals surface area contributed by atoms with Crippen LogP contribution in [0.2, 0.25) is 0 Å². The molecule has 0 spiro atoms. The van der Waals surface area contributed by atoms with E-state index in [1.807, 2.05) is 0 Å². The molecular formula is C18H14F3NO2. The molecular weight excluding hydrogens is 319 g/mol. The molecule has 1 fully saturated rings. The molecule has 2 aromatic carbocycles. The Labute approximate surface area is 136 Å². The number of rotatable bonds is 3. The topological polar surface area (TPSA) is 37.4 Å². The first kappa shape index (κ1) is 16.2. The monoisotopic (exact) mass is 333 g/mol. The number of hydrogen-bond donors (Lipinski definition) is 0. The van der Waals surface area contributed by atoms with Gasteiger partial charge in [0, 0.05) is 6.42 Å². The molecule has 1 saturated heterocycles. The second kappa shape index (κ2) is 6.11. The third-order valence-corrected chi connectivity index (χ3v) is 3.99. The van der Waals surface area contributed by atoms with E-state index in [9.17, 15) is 22.8 Å². The van der Waals surface area contributed by atoms with Crippen molar-refractivity contribution in [3.63, 3.8) is 0 Å². The SMILES string of the molecule is O=C1CC(Cc2cccc(C(F)(F)F)c2)C(=O)N1c1ccccc1. The van der Waals surface area contributed by atoms with Crippen LogP contribution in [-0.4, -0.2) is 11.8 Å². The van der Waals surface area contributed by atoms with Crippen LogP contribution in [0.4, 0.5) is 18.9 Å². The summed E-state index contributed by atoms with van der Waals surface area (Å²) in [4.78, 5) is 25.7. The van der Waals surface area contributed by atoms with Gasteiger partial charge in [0.2, 0.25) is 11.8 Å². The Kier molecular flexibility index (Phi) is 4.13. The van der Waals surface area contributed by atoms with Crippen LogP contribution in [0, 0.1) is 5.92 Å². The number of para-hydroxylation sites is 1. The van der Waals surface area contributed by atoms with Gasteiger partial charge in [0.1, 0.15) is 0 Å². The zero-order valence-electron chi connectivity index (χ0n) is 12.6.